The van der Waals surface area contributed by atoms with Crippen molar-refractivity contribution in [2.45, 2.75) is 46.2 Å². The molecule has 146 valence electrons. The molecular formula is C21H24FN5O. The second-order valence-corrected chi connectivity index (χ2v) is 7.29. The fraction of sp³-hybridized carbons (Fsp3) is 0.381. The van der Waals surface area contributed by atoms with E-state index in [1.165, 1.54) is 12.1 Å². The first kappa shape index (κ1) is 18.6. The van der Waals surface area contributed by atoms with Gasteiger partial charge in [0.1, 0.15) is 11.6 Å². The summed E-state index contributed by atoms with van der Waals surface area (Å²) < 4.78 is 15.0. The first-order valence-electron chi connectivity index (χ1n) is 9.68. The Morgan fingerprint density at radius 3 is 2.79 bits per heavy atom. The summed E-state index contributed by atoms with van der Waals surface area (Å²) in [6.07, 6.45) is 4.39. The number of halogens is 1. The van der Waals surface area contributed by atoms with Crippen molar-refractivity contribution in [2.24, 2.45) is 0 Å². The molecule has 4 rings (SSSR count). The molecule has 0 spiro atoms. The minimum Gasteiger partial charge on any atom is -0.310 e. The SMILES string of the molecule is CCCc1nc2c(c(=O)[nH]1)CN(Cc1cnn(-c3ccc(F)cc3)c1C)CC2. The van der Waals surface area contributed by atoms with Crippen LogP contribution in [0.4, 0.5) is 4.39 Å². The molecule has 0 aliphatic carbocycles. The molecule has 0 saturated carbocycles. The Labute approximate surface area is 163 Å². The van der Waals surface area contributed by atoms with Crippen molar-refractivity contribution in [1.82, 2.24) is 24.6 Å². The Morgan fingerprint density at radius 1 is 1.25 bits per heavy atom. The van der Waals surface area contributed by atoms with Crippen LogP contribution in [-0.4, -0.2) is 31.2 Å². The second-order valence-electron chi connectivity index (χ2n) is 7.29. The van der Waals surface area contributed by atoms with E-state index >= 15 is 0 Å². The normalized spacial score (nSPS) is 14.2. The van der Waals surface area contributed by atoms with Crippen LogP contribution in [0.1, 0.15) is 41.7 Å². The van der Waals surface area contributed by atoms with Gasteiger partial charge in [-0.3, -0.25) is 9.69 Å². The summed E-state index contributed by atoms with van der Waals surface area (Å²) >= 11 is 0. The third kappa shape index (κ3) is 3.62. The maximum Gasteiger partial charge on any atom is 0.255 e. The zero-order valence-electron chi connectivity index (χ0n) is 16.2. The van der Waals surface area contributed by atoms with Crippen molar-refractivity contribution in [3.8, 4) is 5.69 Å². The van der Waals surface area contributed by atoms with Crippen molar-refractivity contribution in [3.05, 3.63) is 75.0 Å². The van der Waals surface area contributed by atoms with Gasteiger partial charge in [-0.15, -0.1) is 0 Å². The van der Waals surface area contributed by atoms with Gasteiger partial charge < -0.3 is 4.98 Å². The van der Waals surface area contributed by atoms with Crippen LogP contribution in [0.3, 0.4) is 0 Å². The van der Waals surface area contributed by atoms with Gasteiger partial charge in [-0.05, 0) is 37.6 Å². The third-order valence-corrected chi connectivity index (χ3v) is 5.26. The number of rotatable bonds is 5. The van der Waals surface area contributed by atoms with E-state index in [0.717, 1.165) is 59.8 Å². The Kier molecular flexibility index (Phi) is 5.09. The predicted molar refractivity (Wildman–Crippen MR) is 105 cm³/mol. The van der Waals surface area contributed by atoms with Gasteiger partial charge in [0.2, 0.25) is 0 Å². The molecule has 0 radical (unpaired) electrons. The average molecular weight is 381 g/mol. The van der Waals surface area contributed by atoms with Crippen LogP contribution in [0.15, 0.2) is 35.3 Å². The van der Waals surface area contributed by atoms with Gasteiger partial charge in [0, 0.05) is 43.7 Å². The fourth-order valence-corrected chi connectivity index (χ4v) is 3.70. The van der Waals surface area contributed by atoms with Crippen molar-refractivity contribution >= 4 is 0 Å². The van der Waals surface area contributed by atoms with Crippen LogP contribution in [-0.2, 0) is 25.9 Å². The Balaban J connectivity index is 1.52. The van der Waals surface area contributed by atoms with Crippen LogP contribution in [0, 0.1) is 12.7 Å². The van der Waals surface area contributed by atoms with Crippen molar-refractivity contribution in [1.29, 1.82) is 0 Å². The average Bonchev–Trinajstić information content (AvgIpc) is 3.04. The van der Waals surface area contributed by atoms with E-state index in [1.807, 2.05) is 17.8 Å². The lowest BCUT2D eigenvalue weighted by Gasteiger charge is -2.27. The summed E-state index contributed by atoms with van der Waals surface area (Å²) in [4.78, 5) is 22.3. The topological polar surface area (TPSA) is 66.8 Å². The fourth-order valence-electron chi connectivity index (χ4n) is 3.70. The highest BCUT2D eigenvalue weighted by molar-refractivity contribution is 5.35. The molecule has 1 aliphatic heterocycles. The highest BCUT2D eigenvalue weighted by Crippen LogP contribution is 2.20. The largest absolute Gasteiger partial charge is 0.310 e. The van der Waals surface area contributed by atoms with E-state index in [4.69, 9.17) is 0 Å². The number of aryl methyl sites for hydroxylation is 1. The molecule has 28 heavy (non-hydrogen) atoms. The molecular weight excluding hydrogens is 357 g/mol. The highest BCUT2D eigenvalue weighted by Gasteiger charge is 2.22. The van der Waals surface area contributed by atoms with Crippen molar-refractivity contribution in [3.63, 3.8) is 0 Å². The number of aromatic nitrogens is 4. The number of aromatic amines is 1. The van der Waals surface area contributed by atoms with Crippen molar-refractivity contribution < 1.29 is 4.39 Å². The van der Waals surface area contributed by atoms with Gasteiger partial charge in [0.15, 0.2) is 0 Å². The zero-order valence-corrected chi connectivity index (χ0v) is 16.2. The van der Waals surface area contributed by atoms with Crippen LogP contribution in [0.25, 0.3) is 5.69 Å². The maximum absolute atomic E-state index is 13.2. The predicted octanol–water partition coefficient (Wildman–Crippen LogP) is 2.91. The quantitative estimate of drug-likeness (QED) is 0.738. The summed E-state index contributed by atoms with van der Waals surface area (Å²) in [7, 11) is 0. The third-order valence-electron chi connectivity index (χ3n) is 5.26. The molecule has 1 aliphatic rings. The molecule has 7 heteroatoms. The molecule has 2 aromatic heterocycles. The molecule has 0 unspecified atom stereocenters. The molecule has 1 N–H and O–H groups in total. The second kappa shape index (κ2) is 7.67. The molecule has 0 fully saturated rings. The van der Waals surface area contributed by atoms with E-state index in [2.05, 4.69) is 26.9 Å². The standard InChI is InChI=1S/C21H24FN5O/c1-3-4-20-24-19-9-10-26(13-18(19)21(28)25-20)12-15-11-23-27(14(15)2)17-7-5-16(22)6-8-17/h5-8,11H,3-4,9-10,12-13H2,1-2H3,(H,24,25,28). The monoisotopic (exact) mass is 381 g/mol. The van der Waals surface area contributed by atoms with E-state index in [9.17, 15) is 9.18 Å². The number of nitrogens with one attached hydrogen (secondary N) is 1. The number of fused-ring (bicyclic) bond motifs is 1. The van der Waals surface area contributed by atoms with Gasteiger partial charge >= 0.3 is 0 Å². The molecule has 0 saturated heterocycles. The Bertz CT molecular complexity index is 1040. The number of hydrogen-bond acceptors (Lipinski definition) is 4. The van der Waals surface area contributed by atoms with E-state index < -0.39 is 0 Å². The summed E-state index contributed by atoms with van der Waals surface area (Å²) in [5.74, 6) is 0.526. The van der Waals surface area contributed by atoms with Crippen LogP contribution < -0.4 is 5.56 Å². The lowest BCUT2D eigenvalue weighted by atomic mass is 10.1. The maximum atomic E-state index is 13.2. The summed E-state index contributed by atoms with van der Waals surface area (Å²) in [6, 6.07) is 6.30. The Morgan fingerprint density at radius 2 is 2.04 bits per heavy atom. The van der Waals surface area contributed by atoms with Crippen LogP contribution >= 0.6 is 0 Å². The molecule has 3 heterocycles. The van der Waals surface area contributed by atoms with Crippen molar-refractivity contribution in [2.75, 3.05) is 6.54 Å². The van der Waals surface area contributed by atoms with E-state index in [1.54, 1.807) is 12.1 Å². The minimum atomic E-state index is -0.262. The molecule has 3 aromatic rings. The van der Waals surface area contributed by atoms with E-state index in [-0.39, 0.29) is 11.4 Å². The summed E-state index contributed by atoms with van der Waals surface area (Å²) in [5.41, 5.74) is 4.63. The molecule has 1 aromatic carbocycles. The highest BCUT2D eigenvalue weighted by atomic mass is 19.1. The summed E-state index contributed by atoms with van der Waals surface area (Å²) in [6.45, 7) is 6.24. The molecule has 0 atom stereocenters. The minimum absolute atomic E-state index is 0.0168. The smallest absolute Gasteiger partial charge is 0.255 e. The van der Waals surface area contributed by atoms with Gasteiger partial charge in [0.05, 0.1) is 23.1 Å². The number of hydrogen-bond donors (Lipinski definition) is 1. The number of benzene rings is 1. The van der Waals surface area contributed by atoms with Gasteiger partial charge in [-0.2, -0.15) is 5.10 Å². The van der Waals surface area contributed by atoms with Gasteiger partial charge in [-0.25, -0.2) is 14.1 Å². The van der Waals surface area contributed by atoms with Gasteiger partial charge in [0.25, 0.3) is 5.56 Å². The summed E-state index contributed by atoms with van der Waals surface area (Å²) in [5, 5.41) is 4.46. The molecule has 6 nitrogen and oxygen atoms in total. The Hall–Kier alpha value is -2.80. The lowest BCUT2D eigenvalue weighted by molar-refractivity contribution is 0.241. The number of H-pyrrole nitrogens is 1. The van der Waals surface area contributed by atoms with E-state index in [0.29, 0.717) is 13.1 Å². The molecule has 0 bridgehead atoms. The first-order valence-corrected chi connectivity index (χ1v) is 9.68. The number of nitrogens with zero attached hydrogens (tertiary/aromatic N) is 4. The van der Waals surface area contributed by atoms with Crippen LogP contribution in [0.5, 0.6) is 0 Å². The van der Waals surface area contributed by atoms with Gasteiger partial charge in [-0.1, -0.05) is 6.92 Å². The van der Waals surface area contributed by atoms with Crippen LogP contribution in [0.2, 0.25) is 0 Å². The lowest BCUT2D eigenvalue weighted by Crippen LogP contribution is -2.35. The first-order chi connectivity index (χ1) is 13.5. The zero-order chi connectivity index (χ0) is 19.7. The molecule has 0 amide bonds.